The van der Waals surface area contributed by atoms with Crippen molar-refractivity contribution in [3.8, 4) is 0 Å². The molecule has 1 N–H and O–H groups in total. The van der Waals surface area contributed by atoms with Gasteiger partial charge >= 0.3 is 123 Å². The van der Waals surface area contributed by atoms with Crippen LogP contribution in [0.25, 0.3) is 0 Å². The third-order valence-electron chi connectivity index (χ3n) is 4.87. The molecule has 6 heteroatoms. The van der Waals surface area contributed by atoms with Crippen molar-refractivity contribution in [3.63, 3.8) is 0 Å². The summed E-state index contributed by atoms with van der Waals surface area (Å²) < 4.78 is 10.5. The fourth-order valence-corrected chi connectivity index (χ4v) is 4.60. The van der Waals surface area contributed by atoms with Crippen molar-refractivity contribution in [1.29, 1.82) is 0 Å². The van der Waals surface area contributed by atoms with Gasteiger partial charge in [-0.25, -0.2) is 0 Å². The summed E-state index contributed by atoms with van der Waals surface area (Å²) >= 11 is 2.07. The standard InChI is InChI=1S/C22H50NO3PS/c1-3-4-5-6-7-8-9-10-11-12-13-14-15-16-21-28-22-17-19-25-27-26-24-20-18-23-2/h23H,3-22H2,1-2,27H3. The summed E-state index contributed by atoms with van der Waals surface area (Å²) in [5, 5.41) is 3.00. The zero-order valence-electron chi connectivity index (χ0n) is 19.0. The van der Waals surface area contributed by atoms with Gasteiger partial charge in [-0.1, -0.05) is 58.3 Å². The van der Waals surface area contributed by atoms with E-state index in [9.17, 15) is 0 Å². The van der Waals surface area contributed by atoms with Crippen LogP contribution in [0.1, 0.15) is 103 Å². The van der Waals surface area contributed by atoms with Crippen LogP contribution in [0, 0.1) is 0 Å². The Hall–Kier alpha value is 0.620. The molecule has 0 aromatic carbocycles. The van der Waals surface area contributed by atoms with Crippen LogP contribution < -0.4 is 5.32 Å². The molecule has 0 amide bonds. The van der Waals surface area contributed by atoms with Gasteiger partial charge in [-0.2, -0.15) is 0 Å². The molecule has 0 aromatic rings. The van der Waals surface area contributed by atoms with Crippen molar-refractivity contribution in [2.45, 2.75) is 103 Å². The summed E-state index contributed by atoms with van der Waals surface area (Å²) in [7, 11) is 0.953. The topological polar surface area (TPSA) is 39.7 Å². The normalized spacial score (nSPS) is 11.5. The Balaban J connectivity index is 2.96. The summed E-state index contributed by atoms with van der Waals surface area (Å²) in [5.41, 5.74) is 0. The average Bonchev–Trinajstić information content (AvgIpc) is 2.71. The zero-order valence-corrected chi connectivity index (χ0v) is 21.2. The van der Waals surface area contributed by atoms with Crippen molar-refractivity contribution < 1.29 is 14.1 Å². The van der Waals surface area contributed by atoms with E-state index in [0.717, 1.165) is 19.6 Å². The summed E-state index contributed by atoms with van der Waals surface area (Å²) in [5.74, 6) is 2.51. The van der Waals surface area contributed by atoms with E-state index in [2.05, 4.69) is 24.0 Å². The molecule has 0 spiro atoms. The van der Waals surface area contributed by atoms with Crippen LogP contribution in [0.2, 0.25) is 0 Å². The Bertz CT molecular complexity index is 250. The third kappa shape index (κ3) is 26.6. The van der Waals surface area contributed by atoms with Crippen LogP contribution >= 0.6 is 20.8 Å². The molecule has 4 nitrogen and oxygen atoms in total. The molecular formula is C22H50NO3PS. The predicted octanol–water partition coefficient (Wildman–Crippen LogP) is 6.75. The van der Waals surface area contributed by atoms with E-state index in [1.807, 2.05) is 7.05 Å². The molecular weight excluding hydrogens is 389 g/mol. The Morgan fingerprint density at radius 2 is 1.21 bits per heavy atom. The molecule has 0 aliphatic rings. The Kier molecular flexibility index (Phi) is 28.2. The quantitative estimate of drug-likeness (QED) is 0.0737. The van der Waals surface area contributed by atoms with E-state index in [1.165, 1.54) is 101 Å². The second-order valence-electron chi connectivity index (χ2n) is 7.63. The maximum absolute atomic E-state index is 5.50. The van der Waals surface area contributed by atoms with Crippen molar-refractivity contribution in [3.05, 3.63) is 0 Å². The Labute approximate surface area is 181 Å². The number of hydrogen-bond acceptors (Lipinski definition) is 5. The second kappa shape index (κ2) is 27.6. The molecule has 0 bridgehead atoms. The molecule has 0 unspecified atom stereocenters. The molecule has 0 fully saturated rings. The molecule has 0 saturated heterocycles. The van der Waals surface area contributed by atoms with Gasteiger partial charge < -0.3 is 0 Å². The molecule has 28 heavy (non-hydrogen) atoms. The van der Waals surface area contributed by atoms with E-state index < -0.39 is 9.03 Å². The van der Waals surface area contributed by atoms with Crippen LogP contribution in [0.3, 0.4) is 0 Å². The summed E-state index contributed by atoms with van der Waals surface area (Å²) in [6, 6.07) is 0. The van der Waals surface area contributed by atoms with Crippen LogP contribution in [0.15, 0.2) is 0 Å². The minimum absolute atomic E-state index is 0.585. The van der Waals surface area contributed by atoms with E-state index >= 15 is 0 Å². The molecule has 0 saturated carbocycles. The fourth-order valence-electron chi connectivity index (χ4n) is 3.09. The number of rotatable bonds is 25. The van der Waals surface area contributed by atoms with E-state index in [0.29, 0.717) is 6.61 Å². The summed E-state index contributed by atoms with van der Waals surface area (Å²) in [6.07, 6.45) is 21.2. The number of unbranched alkanes of at least 4 members (excludes halogenated alkanes) is 13. The molecule has 0 heterocycles. The van der Waals surface area contributed by atoms with Gasteiger partial charge in [-0.3, -0.25) is 0 Å². The maximum atomic E-state index is 5.50. The number of nitrogens with one attached hydrogen (secondary N) is 1. The van der Waals surface area contributed by atoms with Gasteiger partial charge in [0, 0.05) is 0 Å². The zero-order chi connectivity index (χ0) is 20.4. The van der Waals surface area contributed by atoms with Gasteiger partial charge in [0.15, 0.2) is 0 Å². The van der Waals surface area contributed by atoms with Crippen molar-refractivity contribution in [2.24, 2.45) is 0 Å². The SMILES string of the molecule is CCCCCCCCCCCCCCCCSCCCO[PH3]OOCCNC. The molecule has 172 valence electrons. The third-order valence-corrected chi connectivity index (χ3v) is 6.74. The number of hydrogen-bond donors (Lipinski definition) is 1. The van der Waals surface area contributed by atoms with Crippen LogP contribution in [0.5, 0.6) is 0 Å². The Morgan fingerprint density at radius 3 is 1.79 bits per heavy atom. The van der Waals surface area contributed by atoms with Crippen LogP contribution in [-0.2, 0) is 14.1 Å². The fraction of sp³-hybridized carbons (Fsp3) is 1.00. The first-order chi connectivity index (χ1) is 13.9. The van der Waals surface area contributed by atoms with Gasteiger partial charge in [0.1, 0.15) is 0 Å². The molecule has 0 atom stereocenters. The minimum atomic E-state index is -0.944. The average molecular weight is 440 g/mol. The molecule has 0 aliphatic heterocycles. The first-order valence-electron chi connectivity index (χ1n) is 12.0. The van der Waals surface area contributed by atoms with Gasteiger partial charge in [-0.15, -0.1) is 0 Å². The molecule has 0 aliphatic carbocycles. The van der Waals surface area contributed by atoms with Crippen molar-refractivity contribution >= 4 is 20.8 Å². The summed E-state index contributed by atoms with van der Waals surface area (Å²) in [6.45, 7) is 4.50. The molecule has 0 radical (unpaired) electrons. The summed E-state index contributed by atoms with van der Waals surface area (Å²) in [4.78, 5) is 4.98. The predicted molar refractivity (Wildman–Crippen MR) is 130 cm³/mol. The molecule has 0 aromatic heterocycles. The van der Waals surface area contributed by atoms with Crippen LogP contribution in [-0.4, -0.2) is 38.3 Å². The van der Waals surface area contributed by atoms with E-state index in [-0.39, 0.29) is 0 Å². The second-order valence-corrected chi connectivity index (χ2v) is 9.74. The van der Waals surface area contributed by atoms with Crippen molar-refractivity contribution in [2.75, 3.05) is 38.3 Å². The van der Waals surface area contributed by atoms with Gasteiger partial charge in [0.05, 0.1) is 0 Å². The first-order valence-corrected chi connectivity index (χ1v) is 14.3. The first kappa shape index (κ1) is 28.6. The van der Waals surface area contributed by atoms with E-state index in [1.54, 1.807) is 0 Å². The van der Waals surface area contributed by atoms with Gasteiger partial charge in [0.25, 0.3) is 0 Å². The molecule has 0 rings (SSSR count). The van der Waals surface area contributed by atoms with Gasteiger partial charge in [-0.05, 0) is 0 Å². The number of thioether (sulfide) groups is 1. The Morgan fingerprint density at radius 1 is 0.679 bits per heavy atom. The van der Waals surface area contributed by atoms with Gasteiger partial charge in [0.2, 0.25) is 0 Å². The monoisotopic (exact) mass is 439 g/mol. The number of likely N-dealkylation sites (N-methyl/N-ethyl adjacent to an activating group) is 1. The van der Waals surface area contributed by atoms with Crippen LogP contribution in [0.4, 0.5) is 0 Å². The van der Waals surface area contributed by atoms with E-state index in [4.69, 9.17) is 14.1 Å². The van der Waals surface area contributed by atoms with Crippen molar-refractivity contribution in [1.82, 2.24) is 5.32 Å².